The summed E-state index contributed by atoms with van der Waals surface area (Å²) in [4.78, 5) is 25.4. The number of hydrogen-bond donors (Lipinski definition) is 2. The van der Waals surface area contributed by atoms with E-state index in [0.717, 1.165) is 24.9 Å². The van der Waals surface area contributed by atoms with Crippen LogP contribution >= 0.6 is 11.3 Å². The van der Waals surface area contributed by atoms with E-state index in [4.69, 9.17) is 5.73 Å². The van der Waals surface area contributed by atoms with Gasteiger partial charge in [0.25, 0.3) is 0 Å². The number of hydrogen-bond acceptors (Lipinski definition) is 6. The normalized spacial score (nSPS) is 19.2. The van der Waals surface area contributed by atoms with Gasteiger partial charge in [0.15, 0.2) is 0 Å². The number of nitrogens with zero attached hydrogens (tertiary/aromatic N) is 3. The van der Waals surface area contributed by atoms with Crippen LogP contribution in [0.2, 0.25) is 0 Å². The molecule has 1 amide bonds. The molecule has 0 radical (unpaired) electrons. The topological polar surface area (TPSA) is 84.1 Å². The molecule has 1 atom stereocenters. The van der Waals surface area contributed by atoms with E-state index in [1.54, 1.807) is 23.7 Å². The second kappa shape index (κ2) is 9.79. The van der Waals surface area contributed by atoms with Crippen LogP contribution < -0.4 is 11.1 Å². The van der Waals surface area contributed by atoms with Crippen molar-refractivity contribution >= 4 is 23.2 Å². The Hall–Kier alpha value is -2.77. The molecule has 168 valence electrons. The van der Waals surface area contributed by atoms with E-state index in [1.165, 1.54) is 16.0 Å². The van der Waals surface area contributed by atoms with Gasteiger partial charge >= 0.3 is 0 Å². The Bertz CT molecular complexity index is 1030. The van der Waals surface area contributed by atoms with Gasteiger partial charge in [-0.15, -0.1) is 11.3 Å². The van der Waals surface area contributed by atoms with Crippen LogP contribution in [-0.4, -0.2) is 39.9 Å². The maximum atomic E-state index is 13.6. The molecule has 0 spiro atoms. The Kier molecular flexibility index (Phi) is 6.86. The second-order valence-corrected chi connectivity index (χ2v) is 9.93. The van der Waals surface area contributed by atoms with Gasteiger partial charge in [-0.25, -0.2) is 9.97 Å². The van der Waals surface area contributed by atoms with E-state index in [0.29, 0.717) is 19.5 Å². The van der Waals surface area contributed by atoms with Crippen LogP contribution in [0.3, 0.4) is 0 Å². The molecule has 1 aliphatic heterocycles. The zero-order valence-corrected chi connectivity index (χ0v) is 19.6. The predicted molar refractivity (Wildman–Crippen MR) is 130 cm³/mol. The summed E-state index contributed by atoms with van der Waals surface area (Å²) in [5, 5.41) is 5.32. The Balaban J connectivity index is 1.63. The lowest BCUT2D eigenvalue weighted by molar-refractivity contribution is -0.135. The van der Waals surface area contributed by atoms with Crippen molar-refractivity contribution in [3.63, 3.8) is 0 Å². The number of likely N-dealkylation sites (tertiary alicyclic amines) is 1. The lowest BCUT2D eigenvalue weighted by Crippen LogP contribution is -2.54. The Morgan fingerprint density at radius 2 is 2.00 bits per heavy atom. The van der Waals surface area contributed by atoms with Crippen molar-refractivity contribution < 1.29 is 4.79 Å². The van der Waals surface area contributed by atoms with E-state index < -0.39 is 5.41 Å². The molecule has 0 aliphatic carbocycles. The number of anilines is 1. The third-order valence-corrected chi connectivity index (χ3v) is 6.92. The summed E-state index contributed by atoms with van der Waals surface area (Å²) in [6, 6.07) is 12.8. The van der Waals surface area contributed by atoms with Crippen LogP contribution in [0.15, 0.2) is 54.2 Å². The molecule has 1 fully saturated rings. The summed E-state index contributed by atoms with van der Waals surface area (Å²) in [7, 11) is 0. The number of amides is 1. The van der Waals surface area contributed by atoms with Crippen molar-refractivity contribution in [3.8, 4) is 10.4 Å². The minimum absolute atomic E-state index is 0.104. The van der Waals surface area contributed by atoms with Gasteiger partial charge in [0.2, 0.25) is 11.9 Å². The molecule has 2 aromatic heterocycles. The first-order valence-electron chi connectivity index (χ1n) is 11.2. The molecule has 3 heterocycles. The zero-order valence-electron chi connectivity index (χ0n) is 18.8. The number of piperidine rings is 1. The summed E-state index contributed by atoms with van der Waals surface area (Å²) in [6.45, 7) is 6.42. The summed E-state index contributed by atoms with van der Waals surface area (Å²) in [5.74, 6) is 0.426. The van der Waals surface area contributed by atoms with Crippen molar-refractivity contribution in [3.05, 3.63) is 65.3 Å². The van der Waals surface area contributed by atoms with Crippen LogP contribution in [0.4, 0.5) is 5.95 Å². The van der Waals surface area contributed by atoms with Gasteiger partial charge in [-0.2, -0.15) is 0 Å². The molecule has 1 aromatic carbocycles. The van der Waals surface area contributed by atoms with E-state index >= 15 is 0 Å². The molecule has 7 heteroatoms. The van der Waals surface area contributed by atoms with Crippen LogP contribution in [0.1, 0.15) is 37.8 Å². The van der Waals surface area contributed by atoms with E-state index in [2.05, 4.69) is 62.0 Å². The standard InChI is InChI=1S/C25H31N5OS/c1-18(2)29-23(31)25(13-20-7-3-4-8-21(20)22-9-5-12-32-22)10-6-11-30(17-25)16-19-14-27-24(26)28-15-19/h3-5,7-9,12,14-15,18H,6,10-11,13,16-17H2,1-2H3,(H,29,31)(H2,26,27,28). The predicted octanol–water partition coefficient (Wildman–Crippen LogP) is 4.14. The number of nitrogens with two attached hydrogens (primary N) is 1. The SMILES string of the molecule is CC(C)NC(=O)C1(Cc2ccccc2-c2cccs2)CCCN(Cc2cnc(N)nc2)C1. The van der Waals surface area contributed by atoms with Gasteiger partial charge < -0.3 is 11.1 Å². The molecule has 3 aromatic rings. The van der Waals surface area contributed by atoms with Gasteiger partial charge in [-0.3, -0.25) is 9.69 Å². The fourth-order valence-corrected chi connectivity index (χ4v) is 5.39. The van der Waals surface area contributed by atoms with Gasteiger partial charge in [0.05, 0.1) is 5.41 Å². The first-order chi connectivity index (χ1) is 15.4. The molecular weight excluding hydrogens is 418 g/mol. The molecular formula is C25H31N5OS. The smallest absolute Gasteiger partial charge is 0.228 e. The maximum Gasteiger partial charge on any atom is 0.228 e. The first kappa shape index (κ1) is 22.4. The zero-order chi connectivity index (χ0) is 22.6. The van der Waals surface area contributed by atoms with Crippen LogP contribution in [-0.2, 0) is 17.8 Å². The number of benzene rings is 1. The lowest BCUT2D eigenvalue weighted by atomic mass is 9.73. The number of rotatable bonds is 7. The van der Waals surface area contributed by atoms with Crippen molar-refractivity contribution in [1.82, 2.24) is 20.2 Å². The van der Waals surface area contributed by atoms with Gasteiger partial charge in [-0.05, 0) is 62.2 Å². The monoisotopic (exact) mass is 449 g/mol. The van der Waals surface area contributed by atoms with Crippen molar-refractivity contribution in [2.75, 3.05) is 18.8 Å². The highest BCUT2D eigenvalue weighted by atomic mass is 32.1. The highest BCUT2D eigenvalue weighted by molar-refractivity contribution is 7.13. The summed E-state index contributed by atoms with van der Waals surface area (Å²) < 4.78 is 0. The van der Waals surface area contributed by atoms with Crippen molar-refractivity contribution in [2.45, 2.75) is 45.7 Å². The van der Waals surface area contributed by atoms with E-state index in [-0.39, 0.29) is 17.9 Å². The Morgan fingerprint density at radius 3 is 2.72 bits per heavy atom. The first-order valence-corrected chi connectivity index (χ1v) is 12.0. The molecule has 1 aliphatic rings. The Morgan fingerprint density at radius 1 is 1.22 bits per heavy atom. The van der Waals surface area contributed by atoms with Crippen LogP contribution in [0.5, 0.6) is 0 Å². The van der Waals surface area contributed by atoms with Crippen LogP contribution in [0.25, 0.3) is 10.4 Å². The highest BCUT2D eigenvalue weighted by Gasteiger charge is 2.42. The van der Waals surface area contributed by atoms with Crippen molar-refractivity contribution in [2.24, 2.45) is 5.41 Å². The minimum atomic E-state index is -0.482. The van der Waals surface area contributed by atoms with Crippen LogP contribution in [0, 0.1) is 5.41 Å². The fraction of sp³-hybridized carbons (Fsp3) is 0.400. The molecule has 1 unspecified atom stereocenters. The number of thiophene rings is 1. The van der Waals surface area contributed by atoms with E-state index in [1.807, 2.05) is 13.8 Å². The van der Waals surface area contributed by atoms with Gasteiger partial charge in [0.1, 0.15) is 0 Å². The molecule has 0 saturated carbocycles. The number of nitrogens with one attached hydrogen (secondary N) is 1. The number of carbonyl (C=O) groups excluding carboxylic acids is 1. The lowest BCUT2D eigenvalue weighted by Gasteiger charge is -2.42. The number of nitrogen functional groups attached to an aromatic ring is 1. The van der Waals surface area contributed by atoms with Gasteiger partial charge in [0, 0.05) is 42.0 Å². The molecule has 0 bridgehead atoms. The summed E-state index contributed by atoms with van der Waals surface area (Å²) in [6.07, 6.45) is 6.12. The van der Waals surface area contributed by atoms with Crippen molar-refractivity contribution in [1.29, 1.82) is 0 Å². The van der Waals surface area contributed by atoms with E-state index in [9.17, 15) is 4.79 Å². The molecule has 3 N–H and O–H groups in total. The average Bonchev–Trinajstić information content (AvgIpc) is 3.30. The molecule has 4 rings (SSSR count). The second-order valence-electron chi connectivity index (χ2n) is 8.98. The molecule has 6 nitrogen and oxygen atoms in total. The third-order valence-electron chi connectivity index (χ3n) is 6.02. The number of carbonyl (C=O) groups is 1. The fourth-order valence-electron chi connectivity index (χ4n) is 4.60. The average molecular weight is 450 g/mol. The summed E-state index contributed by atoms with van der Waals surface area (Å²) >= 11 is 1.74. The Labute approximate surface area is 193 Å². The third kappa shape index (κ3) is 5.16. The quantitative estimate of drug-likeness (QED) is 0.566. The summed E-state index contributed by atoms with van der Waals surface area (Å²) in [5.41, 5.74) is 8.63. The minimum Gasteiger partial charge on any atom is -0.368 e. The van der Waals surface area contributed by atoms with Gasteiger partial charge in [-0.1, -0.05) is 30.3 Å². The highest BCUT2D eigenvalue weighted by Crippen LogP contribution is 2.38. The molecule has 1 saturated heterocycles. The number of aromatic nitrogens is 2. The molecule has 32 heavy (non-hydrogen) atoms. The largest absolute Gasteiger partial charge is 0.368 e. The maximum absolute atomic E-state index is 13.6.